The second-order valence-electron chi connectivity index (χ2n) is 5.37. The summed E-state index contributed by atoms with van der Waals surface area (Å²) < 4.78 is 5.16. The molecular formula is C15H22ClNO. The van der Waals surface area contributed by atoms with Gasteiger partial charge in [0.1, 0.15) is 5.75 Å². The number of hydrogen-bond donors (Lipinski definition) is 1. The van der Waals surface area contributed by atoms with Crippen LogP contribution in [0.3, 0.4) is 0 Å². The van der Waals surface area contributed by atoms with Crippen molar-refractivity contribution in [3.63, 3.8) is 0 Å². The average Bonchev–Trinajstić information content (AvgIpc) is 2.68. The third kappa shape index (κ3) is 2.99. The van der Waals surface area contributed by atoms with Crippen LogP contribution in [0.1, 0.15) is 32.3 Å². The van der Waals surface area contributed by atoms with Crippen molar-refractivity contribution in [2.75, 3.05) is 7.11 Å². The first-order valence-electron chi connectivity index (χ1n) is 6.67. The van der Waals surface area contributed by atoms with Crippen LogP contribution in [-0.2, 0) is 6.54 Å². The number of halogens is 1. The van der Waals surface area contributed by atoms with Gasteiger partial charge in [0, 0.05) is 12.6 Å². The molecule has 3 heteroatoms. The van der Waals surface area contributed by atoms with E-state index in [0.717, 1.165) is 24.1 Å². The Balaban J connectivity index is 1.92. The molecule has 2 rings (SSSR count). The van der Waals surface area contributed by atoms with E-state index in [9.17, 15) is 0 Å². The molecule has 1 N–H and O–H groups in total. The number of nitrogens with one attached hydrogen (secondary N) is 1. The Morgan fingerprint density at radius 1 is 1.33 bits per heavy atom. The van der Waals surface area contributed by atoms with Crippen molar-refractivity contribution in [1.82, 2.24) is 5.32 Å². The third-order valence-corrected chi connectivity index (χ3v) is 4.55. The van der Waals surface area contributed by atoms with Gasteiger partial charge < -0.3 is 10.1 Å². The van der Waals surface area contributed by atoms with Crippen LogP contribution in [-0.4, -0.2) is 13.2 Å². The molecule has 0 aromatic heterocycles. The molecule has 0 radical (unpaired) electrons. The normalized spacial score (nSPS) is 27.4. The van der Waals surface area contributed by atoms with E-state index in [0.29, 0.717) is 11.1 Å². The van der Waals surface area contributed by atoms with Gasteiger partial charge in [-0.2, -0.15) is 0 Å². The smallest absolute Gasteiger partial charge is 0.137 e. The van der Waals surface area contributed by atoms with Crippen LogP contribution in [0.25, 0.3) is 0 Å². The van der Waals surface area contributed by atoms with Crippen LogP contribution >= 0.6 is 11.6 Å². The Hall–Kier alpha value is -0.730. The van der Waals surface area contributed by atoms with Gasteiger partial charge in [-0.25, -0.2) is 0 Å². The fourth-order valence-corrected chi connectivity index (χ4v) is 3.00. The van der Waals surface area contributed by atoms with Gasteiger partial charge in [0.05, 0.1) is 12.1 Å². The lowest BCUT2D eigenvalue weighted by Gasteiger charge is -2.20. The lowest BCUT2D eigenvalue weighted by atomic mass is 9.98. The standard InChI is InChI=1S/C15H22ClNO/c1-10-4-6-14(11(10)2)17-9-12-5-7-15(18-3)13(16)8-12/h5,7-8,10-11,14,17H,4,6,9H2,1-3H3. The quantitative estimate of drug-likeness (QED) is 0.894. The molecule has 0 saturated heterocycles. The Labute approximate surface area is 115 Å². The van der Waals surface area contributed by atoms with Gasteiger partial charge in [-0.1, -0.05) is 31.5 Å². The third-order valence-electron chi connectivity index (χ3n) is 4.25. The molecule has 3 atom stereocenters. The van der Waals surface area contributed by atoms with E-state index in [4.69, 9.17) is 16.3 Å². The van der Waals surface area contributed by atoms with Crippen molar-refractivity contribution in [2.45, 2.75) is 39.3 Å². The summed E-state index contributed by atoms with van der Waals surface area (Å²) in [5.41, 5.74) is 1.22. The minimum Gasteiger partial charge on any atom is -0.495 e. The highest BCUT2D eigenvalue weighted by Crippen LogP contribution is 2.31. The van der Waals surface area contributed by atoms with Crippen LogP contribution in [0, 0.1) is 11.8 Å². The molecule has 2 nitrogen and oxygen atoms in total. The molecule has 18 heavy (non-hydrogen) atoms. The molecule has 0 aliphatic heterocycles. The van der Waals surface area contributed by atoms with Crippen molar-refractivity contribution >= 4 is 11.6 Å². The summed E-state index contributed by atoms with van der Waals surface area (Å²) in [5, 5.41) is 4.33. The van der Waals surface area contributed by atoms with Gasteiger partial charge in [-0.05, 0) is 42.4 Å². The summed E-state index contributed by atoms with van der Waals surface area (Å²) in [6.45, 7) is 5.57. The van der Waals surface area contributed by atoms with Crippen LogP contribution in [0.2, 0.25) is 5.02 Å². The van der Waals surface area contributed by atoms with Gasteiger partial charge >= 0.3 is 0 Å². The van der Waals surface area contributed by atoms with Gasteiger partial charge in [0.2, 0.25) is 0 Å². The highest BCUT2D eigenvalue weighted by molar-refractivity contribution is 6.32. The van der Waals surface area contributed by atoms with E-state index < -0.39 is 0 Å². The Bertz CT molecular complexity index is 407. The van der Waals surface area contributed by atoms with Crippen LogP contribution in [0.4, 0.5) is 0 Å². The summed E-state index contributed by atoms with van der Waals surface area (Å²) >= 11 is 6.12. The zero-order chi connectivity index (χ0) is 13.1. The number of hydrogen-bond acceptors (Lipinski definition) is 2. The molecule has 1 aromatic rings. The van der Waals surface area contributed by atoms with Gasteiger partial charge in [0.25, 0.3) is 0 Å². The van der Waals surface area contributed by atoms with Crippen LogP contribution in [0.15, 0.2) is 18.2 Å². The van der Waals surface area contributed by atoms with E-state index in [1.54, 1.807) is 7.11 Å². The van der Waals surface area contributed by atoms with Crippen molar-refractivity contribution in [2.24, 2.45) is 11.8 Å². The molecule has 1 aliphatic rings. The lowest BCUT2D eigenvalue weighted by molar-refractivity contribution is 0.369. The Morgan fingerprint density at radius 3 is 2.67 bits per heavy atom. The molecule has 0 spiro atoms. The summed E-state index contributed by atoms with van der Waals surface area (Å²) in [5.74, 6) is 2.34. The molecule has 1 saturated carbocycles. The van der Waals surface area contributed by atoms with Crippen molar-refractivity contribution in [1.29, 1.82) is 0 Å². The van der Waals surface area contributed by atoms with E-state index >= 15 is 0 Å². The predicted octanol–water partition coefficient (Wildman–Crippen LogP) is 3.87. The SMILES string of the molecule is COc1ccc(CNC2CCC(C)C2C)cc1Cl. The maximum absolute atomic E-state index is 6.12. The largest absolute Gasteiger partial charge is 0.495 e. The average molecular weight is 268 g/mol. The number of benzene rings is 1. The maximum atomic E-state index is 6.12. The van der Waals surface area contributed by atoms with Crippen LogP contribution in [0.5, 0.6) is 5.75 Å². The van der Waals surface area contributed by atoms with Crippen molar-refractivity contribution < 1.29 is 4.74 Å². The monoisotopic (exact) mass is 267 g/mol. The summed E-state index contributed by atoms with van der Waals surface area (Å²) in [6, 6.07) is 6.62. The fourth-order valence-electron chi connectivity index (χ4n) is 2.72. The first kappa shape index (κ1) is 13.7. The molecule has 1 aromatic carbocycles. The maximum Gasteiger partial charge on any atom is 0.137 e. The molecule has 3 unspecified atom stereocenters. The van der Waals surface area contributed by atoms with E-state index in [1.165, 1.54) is 18.4 Å². The highest BCUT2D eigenvalue weighted by atomic mass is 35.5. The van der Waals surface area contributed by atoms with Gasteiger partial charge in [-0.3, -0.25) is 0 Å². The molecule has 100 valence electrons. The highest BCUT2D eigenvalue weighted by Gasteiger charge is 2.28. The molecule has 1 fully saturated rings. The van der Waals surface area contributed by atoms with E-state index in [-0.39, 0.29) is 0 Å². The Morgan fingerprint density at radius 2 is 2.11 bits per heavy atom. The topological polar surface area (TPSA) is 21.3 Å². The fraction of sp³-hybridized carbons (Fsp3) is 0.600. The van der Waals surface area contributed by atoms with Crippen molar-refractivity contribution in [3.05, 3.63) is 28.8 Å². The van der Waals surface area contributed by atoms with Crippen LogP contribution < -0.4 is 10.1 Å². The number of ether oxygens (including phenoxy) is 1. The van der Waals surface area contributed by atoms with E-state index in [1.807, 2.05) is 12.1 Å². The zero-order valence-electron chi connectivity index (χ0n) is 11.4. The zero-order valence-corrected chi connectivity index (χ0v) is 12.1. The molecule has 1 aliphatic carbocycles. The first-order chi connectivity index (χ1) is 8.61. The molecule has 0 bridgehead atoms. The van der Waals surface area contributed by atoms with E-state index in [2.05, 4.69) is 25.2 Å². The van der Waals surface area contributed by atoms with Gasteiger partial charge in [0.15, 0.2) is 0 Å². The molecular weight excluding hydrogens is 246 g/mol. The van der Waals surface area contributed by atoms with Gasteiger partial charge in [-0.15, -0.1) is 0 Å². The second kappa shape index (κ2) is 5.94. The van der Waals surface area contributed by atoms with Crippen molar-refractivity contribution in [3.8, 4) is 5.75 Å². The lowest BCUT2D eigenvalue weighted by Crippen LogP contribution is -2.31. The number of methoxy groups -OCH3 is 1. The summed E-state index contributed by atoms with van der Waals surface area (Å²) in [7, 11) is 1.64. The second-order valence-corrected chi connectivity index (χ2v) is 5.78. The Kier molecular flexibility index (Phi) is 4.52. The minimum absolute atomic E-state index is 0.640. The predicted molar refractivity (Wildman–Crippen MR) is 76.2 cm³/mol. The molecule has 0 heterocycles. The summed E-state index contributed by atoms with van der Waals surface area (Å²) in [6.07, 6.45) is 2.62. The minimum atomic E-state index is 0.640. The molecule has 0 amide bonds. The first-order valence-corrected chi connectivity index (χ1v) is 7.05. The summed E-state index contributed by atoms with van der Waals surface area (Å²) in [4.78, 5) is 0. The number of rotatable bonds is 4.